The van der Waals surface area contributed by atoms with Crippen LogP contribution in [0.2, 0.25) is 0 Å². The highest BCUT2D eigenvalue weighted by molar-refractivity contribution is 6.17. The summed E-state index contributed by atoms with van der Waals surface area (Å²) in [5, 5.41) is 5.83. The number of aromatic nitrogens is 1. The Kier molecular flexibility index (Phi) is 7.62. The van der Waals surface area contributed by atoms with Crippen LogP contribution < -0.4 is 4.90 Å². The Balaban J connectivity index is 0.875. The molecule has 0 fully saturated rings. The summed E-state index contributed by atoms with van der Waals surface area (Å²) in [6, 6.07) is 74.2. The van der Waals surface area contributed by atoms with E-state index in [0.717, 1.165) is 83.6 Å². The highest BCUT2D eigenvalue weighted by atomic mass is 16.3. The second kappa shape index (κ2) is 13.5. The van der Waals surface area contributed by atoms with Gasteiger partial charge in [-0.2, -0.15) is 0 Å². The standard InChI is InChI=1S/C59H40N2O2/c1-59(2)51-15-7-4-12-45(51)46-32-31-44(34-52(46)59)60(42-29-23-39(24-30-42)57-33-40-11-3-9-17-55(40)62-57)41-25-19-37(20-26-41)38-21-27-43(28-22-38)61-53-16-8-5-13-47(53)49-35-50-48-14-6-10-18-56(48)63-58(50)36-54(49)61/h3-36H,1-2H3. The second-order valence-corrected chi connectivity index (χ2v) is 17.3. The summed E-state index contributed by atoms with van der Waals surface area (Å²) in [5.74, 6) is 0.864. The van der Waals surface area contributed by atoms with Crippen molar-refractivity contribution in [3.05, 3.63) is 217 Å². The van der Waals surface area contributed by atoms with Crippen LogP contribution in [0.15, 0.2) is 215 Å². The summed E-state index contributed by atoms with van der Waals surface area (Å²) in [6.45, 7) is 4.68. The molecular weight excluding hydrogens is 769 g/mol. The number of para-hydroxylation sites is 3. The lowest BCUT2D eigenvalue weighted by atomic mass is 9.82. The molecule has 0 spiro atoms. The van der Waals surface area contributed by atoms with E-state index < -0.39 is 0 Å². The molecule has 13 rings (SSSR count). The topological polar surface area (TPSA) is 34.5 Å². The van der Waals surface area contributed by atoms with Crippen molar-refractivity contribution in [1.29, 1.82) is 0 Å². The van der Waals surface area contributed by atoms with Gasteiger partial charge in [-0.3, -0.25) is 0 Å². The molecule has 1 aliphatic rings. The van der Waals surface area contributed by atoms with Crippen LogP contribution in [0.5, 0.6) is 0 Å². The maximum Gasteiger partial charge on any atom is 0.137 e. The molecule has 0 bridgehead atoms. The average Bonchev–Trinajstić information content (AvgIpc) is 4.07. The number of benzene rings is 9. The van der Waals surface area contributed by atoms with Gasteiger partial charge in [0.1, 0.15) is 22.5 Å². The lowest BCUT2D eigenvalue weighted by Gasteiger charge is -2.28. The summed E-state index contributed by atoms with van der Waals surface area (Å²) in [6.07, 6.45) is 0. The zero-order valence-electron chi connectivity index (χ0n) is 34.8. The van der Waals surface area contributed by atoms with Crippen molar-refractivity contribution in [2.45, 2.75) is 19.3 Å². The Morgan fingerprint density at radius 3 is 1.79 bits per heavy atom. The molecule has 0 unspecified atom stereocenters. The lowest BCUT2D eigenvalue weighted by Crippen LogP contribution is -2.16. The van der Waals surface area contributed by atoms with E-state index in [1.54, 1.807) is 0 Å². The Morgan fingerprint density at radius 2 is 1.02 bits per heavy atom. The predicted octanol–water partition coefficient (Wildman–Crippen LogP) is 16.5. The number of nitrogens with zero attached hydrogens (tertiary/aromatic N) is 2. The third kappa shape index (κ3) is 5.48. The molecule has 1 aliphatic carbocycles. The van der Waals surface area contributed by atoms with Crippen LogP contribution in [0.25, 0.3) is 94.0 Å². The highest BCUT2D eigenvalue weighted by Crippen LogP contribution is 2.51. The first-order chi connectivity index (χ1) is 31.0. The molecule has 298 valence electrons. The van der Waals surface area contributed by atoms with Crippen molar-refractivity contribution >= 4 is 71.8 Å². The predicted molar refractivity (Wildman–Crippen MR) is 261 cm³/mol. The number of anilines is 3. The Hall–Kier alpha value is -8.08. The van der Waals surface area contributed by atoms with Crippen LogP contribution in [-0.2, 0) is 5.41 Å². The molecule has 0 saturated carbocycles. The smallest absolute Gasteiger partial charge is 0.137 e. The number of hydrogen-bond donors (Lipinski definition) is 0. The van der Waals surface area contributed by atoms with Crippen LogP contribution in [0.3, 0.4) is 0 Å². The molecule has 0 atom stereocenters. The zero-order chi connectivity index (χ0) is 41.8. The second-order valence-electron chi connectivity index (χ2n) is 17.3. The van der Waals surface area contributed by atoms with Gasteiger partial charge in [0.2, 0.25) is 0 Å². The summed E-state index contributed by atoms with van der Waals surface area (Å²) in [5.41, 5.74) is 18.0. The van der Waals surface area contributed by atoms with Crippen molar-refractivity contribution in [2.24, 2.45) is 0 Å². The van der Waals surface area contributed by atoms with E-state index in [-0.39, 0.29) is 5.41 Å². The van der Waals surface area contributed by atoms with Gasteiger partial charge in [-0.1, -0.05) is 123 Å². The SMILES string of the molecule is CC1(C)c2ccccc2-c2ccc(N(c3ccc(-c4ccc(-n5c6ccccc6c6cc7c(cc65)oc5ccccc57)cc4)cc3)c3ccc(-c4cc5ccccc5o4)cc3)cc21. The van der Waals surface area contributed by atoms with Crippen LogP contribution in [-0.4, -0.2) is 4.57 Å². The third-order valence-corrected chi connectivity index (χ3v) is 13.4. The van der Waals surface area contributed by atoms with Gasteiger partial charge in [-0.25, -0.2) is 0 Å². The van der Waals surface area contributed by atoms with Crippen molar-refractivity contribution in [3.63, 3.8) is 0 Å². The molecule has 4 heteroatoms. The van der Waals surface area contributed by atoms with E-state index in [1.165, 1.54) is 38.5 Å². The molecule has 9 aromatic carbocycles. The number of fused-ring (bicyclic) bond motifs is 10. The Bertz CT molecular complexity index is 3720. The van der Waals surface area contributed by atoms with Gasteiger partial charge in [-0.05, 0) is 124 Å². The first kappa shape index (κ1) is 35.7. The molecule has 63 heavy (non-hydrogen) atoms. The van der Waals surface area contributed by atoms with Crippen molar-refractivity contribution in [3.8, 4) is 39.3 Å². The van der Waals surface area contributed by atoms with E-state index in [4.69, 9.17) is 8.83 Å². The maximum absolute atomic E-state index is 6.36. The van der Waals surface area contributed by atoms with Crippen LogP contribution in [0, 0.1) is 0 Å². The van der Waals surface area contributed by atoms with Crippen LogP contribution in [0.4, 0.5) is 17.1 Å². The van der Waals surface area contributed by atoms with E-state index in [0.29, 0.717) is 0 Å². The third-order valence-electron chi connectivity index (χ3n) is 13.4. The van der Waals surface area contributed by atoms with Crippen molar-refractivity contribution in [1.82, 2.24) is 4.57 Å². The van der Waals surface area contributed by atoms with Gasteiger partial charge in [-0.15, -0.1) is 0 Å². The zero-order valence-corrected chi connectivity index (χ0v) is 34.8. The Morgan fingerprint density at radius 1 is 0.397 bits per heavy atom. The monoisotopic (exact) mass is 808 g/mol. The minimum Gasteiger partial charge on any atom is -0.456 e. The average molecular weight is 809 g/mol. The quantitative estimate of drug-likeness (QED) is 0.168. The molecule has 0 radical (unpaired) electrons. The van der Waals surface area contributed by atoms with Gasteiger partial charge in [0, 0.05) is 66.7 Å². The number of furan rings is 2. The fraction of sp³-hybridized carbons (Fsp3) is 0.0508. The molecule has 3 heterocycles. The van der Waals surface area contributed by atoms with Gasteiger partial charge >= 0.3 is 0 Å². The van der Waals surface area contributed by atoms with E-state index in [2.05, 4.69) is 199 Å². The largest absolute Gasteiger partial charge is 0.456 e. The summed E-state index contributed by atoms with van der Waals surface area (Å²) < 4.78 is 15.0. The van der Waals surface area contributed by atoms with Crippen LogP contribution in [0.1, 0.15) is 25.0 Å². The highest BCUT2D eigenvalue weighted by Gasteiger charge is 2.35. The maximum atomic E-state index is 6.36. The molecule has 0 N–H and O–H groups in total. The molecule has 0 aliphatic heterocycles. The summed E-state index contributed by atoms with van der Waals surface area (Å²) in [7, 11) is 0. The van der Waals surface area contributed by atoms with Gasteiger partial charge < -0.3 is 18.3 Å². The minimum absolute atomic E-state index is 0.117. The fourth-order valence-corrected chi connectivity index (χ4v) is 10.2. The minimum atomic E-state index is -0.117. The van der Waals surface area contributed by atoms with Crippen molar-refractivity contribution < 1.29 is 8.83 Å². The van der Waals surface area contributed by atoms with E-state index in [1.807, 2.05) is 30.3 Å². The molecular formula is C59H40N2O2. The molecule has 4 nitrogen and oxygen atoms in total. The van der Waals surface area contributed by atoms with Gasteiger partial charge in [0.25, 0.3) is 0 Å². The van der Waals surface area contributed by atoms with E-state index in [9.17, 15) is 0 Å². The first-order valence-corrected chi connectivity index (χ1v) is 21.7. The summed E-state index contributed by atoms with van der Waals surface area (Å²) >= 11 is 0. The number of hydrogen-bond acceptors (Lipinski definition) is 3. The summed E-state index contributed by atoms with van der Waals surface area (Å²) in [4.78, 5) is 2.37. The lowest BCUT2D eigenvalue weighted by molar-refractivity contribution is 0.631. The fourth-order valence-electron chi connectivity index (χ4n) is 10.2. The normalized spacial score (nSPS) is 13.0. The van der Waals surface area contributed by atoms with Crippen molar-refractivity contribution in [2.75, 3.05) is 4.90 Å². The first-order valence-electron chi connectivity index (χ1n) is 21.7. The molecule has 12 aromatic rings. The van der Waals surface area contributed by atoms with Gasteiger partial charge in [0.05, 0.1) is 11.0 Å². The number of rotatable bonds is 6. The van der Waals surface area contributed by atoms with E-state index >= 15 is 0 Å². The van der Waals surface area contributed by atoms with Gasteiger partial charge in [0.15, 0.2) is 0 Å². The Labute approximate surface area is 364 Å². The molecule has 0 amide bonds. The molecule has 0 saturated heterocycles. The van der Waals surface area contributed by atoms with Crippen LogP contribution >= 0.6 is 0 Å². The molecule has 3 aromatic heterocycles.